The Balaban J connectivity index is 2.65. The maximum Gasteiger partial charge on any atom is 0.246 e. The highest BCUT2D eigenvalue weighted by atomic mass is 16.3. The molecule has 1 rings (SSSR count). The van der Waals surface area contributed by atoms with E-state index in [2.05, 4.69) is 9.97 Å². The highest BCUT2D eigenvalue weighted by Crippen LogP contribution is 2.15. The standard InChI is InChI=1S/C15H24N4O2/c1-15(2,11-20)10-19(5)13(21)7-6-12-8-16-14(17-9-12)18(3)4/h6-9,20H,10-11H2,1-5H3. The van der Waals surface area contributed by atoms with Crippen LogP contribution in [0.5, 0.6) is 0 Å². The van der Waals surface area contributed by atoms with Crippen LogP contribution in [0.25, 0.3) is 6.08 Å². The van der Waals surface area contributed by atoms with Gasteiger partial charge >= 0.3 is 0 Å². The van der Waals surface area contributed by atoms with Crippen LogP contribution in [0.4, 0.5) is 5.95 Å². The van der Waals surface area contributed by atoms with E-state index in [1.165, 1.54) is 6.08 Å². The molecule has 0 aliphatic heterocycles. The molecule has 0 aromatic carbocycles. The van der Waals surface area contributed by atoms with Crippen molar-refractivity contribution in [2.75, 3.05) is 39.2 Å². The van der Waals surface area contributed by atoms with Crippen LogP contribution in [0.15, 0.2) is 18.5 Å². The minimum absolute atomic E-state index is 0.0359. The highest BCUT2D eigenvalue weighted by Gasteiger charge is 2.20. The largest absolute Gasteiger partial charge is 0.396 e. The number of nitrogens with zero attached hydrogens (tertiary/aromatic N) is 4. The van der Waals surface area contributed by atoms with Crippen molar-refractivity contribution in [3.63, 3.8) is 0 Å². The molecule has 1 heterocycles. The van der Waals surface area contributed by atoms with Crippen molar-refractivity contribution in [2.45, 2.75) is 13.8 Å². The molecule has 0 saturated carbocycles. The van der Waals surface area contributed by atoms with E-state index >= 15 is 0 Å². The van der Waals surface area contributed by atoms with E-state index in [1.54, 1.807) is 30.4 Å². The fourth-order valence-electron chi connectivity index (χ4n) is 1.71. The Bertz CT molecular complexity index is 495. The average Bonchev–Trinajstić information content (AvgIpc) is 2.44. The molecule has 6 heteroatoms. The number of hydrogen-bond acceptors (Lipinski definition) is 5. The number of amides is 1. The number of likely N-dealkylation sites (N-methyl/N-ethyl adjacent to an activating group) is 1. The molecule has 0 radical (unpaired) electrons. The highest BCUT2D eigenvalue weighted by molar-refractivity contribution is 5.91. The second-order valence-electron chi connectivity index (χ2n) is 6.06. The Morgan fingerprint density at radius 1 is 1.29 bits per heavy atom. The zero-order valence-electron chi connectivity index (χ0n) is 13.4. The van der Waals surface area contributed by atoms with Crippen LogP contribution in [0.3, 0.4) is 0 Å². The number of carbonyl (C=O) groups excluding carboxylic acids is 1. The molecule has 1 aromatic rings. The number of carbonyl (C=O) groups is 1. The minimum atomic E-state index is -0.311. The Hall–Kier alpha value is -1.95. The summed E-state index contributed by atoms with van der Waals surface area (Å²) in [5, 5.41) is 9.23. The second-order valence-corrected chi connectivity index (χ2v) is 6.06. The van der Waals surface area contributed by atoms with Gasteiger partial charge in [-0.25, -0.2) is 9.97 Å². The Kier molecular flexibility index (Phi) is 5.84. The van der Waals surface area contributed by atoms with Gasteiger partial charge in [0, 0.05) is 63.7 Å². The first kappa shape index (κ1) is 17.1. The zero-order valence-corrected chi connectivity index (χ0v) is 13.4. The van der Waals surface area contributed by atoms with E-state index in [4.69, 9.17) is 0 Å². The van der Waals surface area contributed by atoms with Crippen LogP contribution in [0, 0.1) is 5.41 Å². The number of aliphatic hydroxyl groups is 1. The fourth-order valence-corrected chi connectivity index (χ4v) is 1.71. The molecular formula is C15H24N4O2. The molecular weight excluding hydrogens is 268 g/mol. The van der Waals surface area contributed by atoms with E-state index in [9.17, 15) is 9.90 Å². The lowest BCUT2D eigenvalue weighted by Gasteiger charge is -2.27. The van der Waals surface area contributed by atoms with Crippen LogP contribution in [0.2, 0.25) is 0 Å². The van der Waals surface area contributed by atoms with Gasteiger partial charge in [-0.05, 0) is 6.08 Å². The van der Waals surface area contributed by atoms with Crippen molar-refractivity contribution < 1.29 is 9.90 Å². The summed E-state index contributed by atoms with van der Waals surface area (Å²) in [6.07, 6.45) is 6.51. The number of aliphatic hydroxyl groups excluding tert-OH is 1. The first-order valence-corrected chi connectivity index (χ1v) is 6.78. The third-order valence-corrected chi connectivity index (χ3v) is 2.95. The van der Waals surface area contributed by atoms with E-state index in [0.717, 1.165) is 5.56 Å². The summed E-state index contributed by atoms with van der Waals surface area (Å²) < 4.78 is 0. The molecule has 0 bridgehead atoms. The van der Waals surface area contributed by atoms with Gasteiger partial charge in [-0.1, -0.05) is 13.8 Å². The lowest BCUT2D eigenvalue weighted by molar-refractivity contribution is -0.126. The molecule has 0 spiro atoms. The van der Waals surface area contributed by atoms with Crippen molar-refractivity contribution in [2.24, 2.45) is 5.41 Å². The quantitative estimate of drug-likeness (QED) is 0.793. The molecule has 1 amide bonds. The summed E-state index contributed by atoms with van der Waals surface area (Å²) >= 11 is 0. The summed E-state index contributed by atoms with van der Waals surface area (Å²) in [4.78, 5) is 23.7. The van der Waals surface area contributed by atoms with Crippen molar-refractivity contribution in [3.05, 3.63) is 24.0 Å². The third kappa shape index (κ3) is 5.51. The van der Waals surface area contributed by atoms with Crippen molar-refractivity contribution in [3.8, 4) is 0 Å². The van der Waals surface area contributed by atoms with Gasteiger partial charge in [0.15, 0.2) is 0 Å². The van der Waals surface area contributed by atoms with Gasteiger partial charge in [-0.15, -0.1) is 0 Å². The predicted molar refractivity (Wildman–Crippen MR) is 83.9 cm³/mol. The Morgan fingerprint density at radius 3 is 2.33 bits per heavy atom. The molecule has 0 aliphatic rings. The molecule has 0 fully saturated rings. The van der Waals surface area contributed by atoms with E-state index in [-0.39, 0.29) is 17.9 Å². The summed E-state index contributed by atoms with van der Waals surface area (Å²) in [5.74, 6) is 0.508. The molecule has 0 aliphatic carbocycles. The van der Waals surface area contributed by atoms with Crippen LogP contribution >= 0.6 is 0 Å². The average molecular weight is 292 g/mol. The van der Waals surface area contributed by atoms with Crippen LogP contribution < -0.4 is 4.90 Å². The lowest BCUT2D eigenvalue weighted by Crippen LogP contribution is -2.36. The smallest absolute Gasteiger partial charge is 0.246 e. The monoisotopic (exact) mass is 292 g/mol. The topological polar surface area (TPSA) is 69.6 Å². The third-order valence-electron chi connectivity index (χ3n) is 2.95. The molecule has 116 valence electrons. The molecule has 1 N–H and O–H groups in total. The van der Waals surface area contributed by atoms with Crippen molar-refractivity contribution in [1.29, 1.82) is 0 Å². The Labute approximate surface area is 126 Å². The zero-order chi connectivity index (χ0) is 16.0. The Morgan fingerprint density at radius 2 is 1.86 bits per heavy atom. The SMILES string of the molecule is CN(CC(C)(C)CO)C(=O)C=Cc1cnc(N(C)C)nc1. The maximum absolute atomic E-state index is 12.0. The van der Waals surface area contributed by atoms with Gasteiger partial charge in [0.05, 0.1) is 0 Å². The van der Waals surface area contributed by atoms with Gasteiger partial charge in [-0.2, -0.15) is 0 Å². The summed E-state index contributed by atoms with van der Waals surface area (Å²) in [6.45, 7) is 4.35. The summed E-state index contributed by atoms with van der Waals surface area (Å²) in [7, 11) is 5.45. The normalized spacial score (nSPS) is 11.7. The first-order chi connectivity index (χ1) is 9.75. The number of anilines is 1. The van der Waals surface area contributed by atoms with Crippen LogP contribution in [-0.2, 0) is 4.79 Å². The molecule has 0 saturated heterocycles. The van der Waals surface area contributed by atoms with Crippen molar-refractivity contribution >= 4 is 17.9 Å². The van der Waals surface area contributed by atoms with Gasteiger partial charge in [0.1, 0.15) is 0 Å². The van der Waals surface area contributed by atoms with E-state index in [1.807, 2.05) is 32.8 Å². The van der Waals surface area contributed by atoms with Crippen LogP contribution in [0.1, 0.15) is 19.4 Å². The number of aromatic nitrogens is 2. The minimum Gasteiger partial charge on any atom is -0.396 e. The summed E-state index contributed by atoms with van der Waals surface area (Å²) in [5.41, 5.74) is 0.457. The van der Waals surface area contributed by atoms with Gasteiger partial charge in [0.2, 0.25) is 11.9 Å². The van der Waals surface area contributed by atoms with Crippen LogP contribution in [-0.4, -0.2) is 60.2 Å². The van der Waals surface area contributed by atoms with E-state index in [0.29, 0.717) is 12.5 Å². The predicted octanol–water partition coefficient (Wildman–Crippen LogP) is 1.03. The number of hydrogen-bond donors (Lipinski definition) is 1. The molecule has 6 nitrogen and oxygen atoms in total. The summed E-state index contributed by atoms with van der Waals surface area (Å²) in [6, 6.07) is 0. The molecule has 21 heavy (non-hydrogen) atoms. The maximum atomic E-state index is 12.0. The van der Waals surface area contributed by atoms with E-state index < -0.39 is 0 Å². The van der Waals surface area contributed by atoms with Gasteiger partial charge in [-0.3, -0.25) is 4.79 Å². The van der Waals surface area contributed by atoms with Gasteiger partial charge < -0.3 is 14.9 Å². The first-order valence-electron chi connectivity index (χ1n) is 6.78. The van der Waals surface area contributed by atoms with Gasteiger partial charge in [0.25, 0.3) is 0 Å². The second kappa shape index (κ2) is 7.17. The molecule has 0 unspecified atom stereocenters. The molecule has 1 aromatic heterocycles. The lowest BCUT2D eigenvalue weighted by atomic mass is 9.94. The molecule has 0 atom stereocenters. The van der Waals surface area contributed by atoms with Crippen molar-refractivity contribution in [1.82, 2.24) is 14.9 Å². The number of rotatable bonds is 6. The fraction of sp³-hybridized carbons (Fsp3) is 0.533.